The summed E-state index contributed by atoms with van der Waals surface area (Å²) < 4.78 is 14.5. The first kappa shape index (κ1) is 9.92. The maximum Gasteiger partial charge on any atom is 0.223 e. The summed E-state index contributed by atoms with van der Waals surface area (Å²) in [5, 5.41) is 4.09. The fraction of sp³-hybridized carbons (Fsp3) is 0.111. The molecular formula is C9H8ClFN4. The Morgan fingerprint density at radius 1 is 1.47 bits per heavy atom. The normalized spacial score (nSPS) is 10.6. The number of rotatable bonds is 1. The lowest BCUT2D eigenvalue weighted by Gasteiger charge is -2.02. The molecule has 0 atom stereocenters. The lowest BCUT2D eigenvalue weighted by molar-refractivity contribution is 0.626. The number of hydrogen-bond acceptors (Lipinski definition) is 3. The number of nitrogen functional groups attached to an aromatic ring is 1. The van der Waals surface area contributed by atoms with Crippen LogP contribution in [0.1, 0.15) is 5.82 Å². The second kappa shape index (κ2) is 3.51. The molecule has 0 aliphatic carbocycles. The first-order valence-corrected chi connectivity index (χ1v) is 4.60. The van der Waals surface area contributed by atoms with Crippen LogP contribution < -0.4 is 5.73 Å². The Labute approximate surface area is 90.5 Å². The number of nitrogens with zero attached hydrogens (tertiary/aromatic N) is 3. The van der Waals surface area contributed by atoms with Gasteiger partial charge in [0, 0.05) is 6.07 Å². The van der Waals surface area contributed by atoms with Crippen LogP contribution in [0.4, 0.5) is 10.3 Å². The van der Waals surface area contributed by atoms with E-state index in [-0.39, 0.29) is 11.0 Å². The summed E-state index contributed by atoms with van der Waals surface area (Å²) in [7, 11) is 0. The molecule has 1 heterocycles. The molecule has 0 saturated heterocycles. The Morgan fingerprint density at radius 2 is 2.20 bits per heavy atom. The number of hydrogen-bond donors (Lipinski definition) is 1. The average molecular weight is 227 g/mol. The fourth-order valence-electron chi connectivity index (χ4n) is 1.24. The van der Waals surface area contributed by atoms with Gasteiger partial charge in [0.05, 0.1) is 10.7 Å². The Bertz CT molecular complexity index is 509. The van der Waals surface area contributed by atoms with Gasteiger partial charge >= 0.3 is 0 Å². The molecule has 0 unspecified atom stereocenters. The third-order valence-corrected chi connectivity index (χ3v) is 2.19. The molecule has 15 heavy (non-hydrogen) atoms. The number of aromatic nitrogens is 3. The largest absolute Gasteiger partial charge is 0.368 e. The summed E-state index contributed by atoms with van der Waals surface area (Å²) in [6, 6.07) is 4.32. The van der Waals surface area contributed by atoms with Crippen LogP contribution in [0.25, 0.3) is 5.69 Å². The molecule has 0 bridgehead atoms. The Morgan fingerprint density at radius 3 is 2.73 bits per heavy atom. The lowest BCUT2D eigenvalue weighted by Crippen LogP contribution is -2.02. The zero-order valence-electron chi connectivity index (χ0n) is 7.91. The number of halogens is 2. The van der Waals surface area contributed by atoms with Crippen LogP contribution in [-0.2, 0) is 0 Å². The molecule has 4 nitrogen and oxygen atoms in total. The fourth-order valence-corrected chi connectivity index (χ4v) is 1.36. The molecule has 0 amide bonds. The molecule has 2 N–H and O–H groups in total. The van der Waals surface area contributed by atoms with E-state index in [1.807, 2.05) is 0 Å². The van der Waals surface area contributed by atoms with Crippen molar-refractivity contribution in [3.8, 4) is 5.69 Å². The maximum absolute atomic E-state index is 13.2. The second-order valence-electron chi connectivity index (χ2n) is 3.03. The molecule has 0 fully saturated rings. The van der Waals surface area contributed by atoms with Gasteiger partial charge in [0.25, 0.3) is 0 Å². The highest BCUT2D eigenvalue weighted by Crippen LogP contribution is 2.19. The minimum atomic E-state index is -0.512. The van der Waals surface area contributed by atoms with Crippen LogP contribution in [0.5, 0.6) is 0 Å². The van der Waals surface area contributed by atoms with Crippen molar-refractivity contribution in [1.29, 1.82) is 0 Å². The highest BCUT2D eigenvalue weighted by atomic mass is 35.5. The minimum absolute atomic E-state index is 0.0640. The van der Waals surface area contributed by atoms with Crippen LogP contribution in [0.2, 0.25) is 5.02 Å². The molecule has 0 spiro atoms. The van der Waals surface area contributed by atoms with Crippen LogP contribution in [0.3, 0.4) is 0 Å². The van der Waals surface area contributed by atoms with Crippen molar-refractivity contribution in [2.75, 3.05) is 5.73 Å². The first-order valence-electron chi connectivity index (χ1n) is 4.22. The van der Waals surface area contributed by atoms with Crippen molar-refractivity contribution >= 4 is 17.5 Å². The molecule has 2 aromatic rings. The highest BCUT2D eigenvalue weighted by Gasteiger charge is 2.08. The summed E-state index contributed by atoms with van der Waals surface area (Å²) >= 11 is 5.56. The molecule has 0 aliphatic heterocycles. The minimum Gasteiger partial charge on any atom is -0.368 e. The van der Waals surface area contributed by atoms with Crippen LogP contribution in [0, 0.1) is 12.7 Å². The Kier molecular flexibility index (Phi) is 2.32. The van der Waals surface area contributed by atoms with Gasteiger partial charge in [0.15, 0.2) is 0 Å². The van der Waals surface area contributed by atoms with Crippen molar-refractivity contribution < 1.29 is 4.39 Å². The van der Waals surface area contributed by atoms with E-state index < -0.39 is 5.82 Å². The summed E-state index contributed by atoms with van der Waals surface area (Å²) in [6.45, 7) is 1.71. The van der Waals surface area contributed by atoms with Gasteiger partial charge in [-0.05, 0) is 19.1 Å². The van der Waals surface area contributed by atoms with Gasteiger partial charge in [-0.2, -0.15) is 9.67 Å². The van der Waals surface area contributed by atoms with E-state index in [1.165, 1.54) is 16.8 Å². The summed E-state index contributed by atoms with van der Waals surface area (Å²) in [5.74, 6) is 0.235. The van der Waals surface area contributed by atoms with Gasteiger partial charge in [0.2, 0.25) is 5.95 Å². The van der Waals surface area contributed by atoms with E-state index in [9.17, 15) is 4.39 Å². The van der Waals surface area contributed by atoms with Crippen LogP contribution in [0.15, 0.2) is 18.2 Å². The molecule has 0 aliphatic rings. The molecular weight excluding hydrogens is 219 g/mol. The first-order chi connectivity index (χ1) is 7.08. The van der Waals surface area contributed by atoms with Crippen LogP contribution in [-0.4, -0.2) is 14.8 Å². The molecule has 78 valence electrons. The Hall–Kier alpha value is -1.62. The van der Waals surface area contributed by atoms with E-state index >= 15 is 0 Å². The zero-order chi connectivity index (χ0) is 11.0. The predicted molar refractivity (Wildman–Crippen MR) is 55.5 cm³/mol. The second-order valence-corrected chi connectivity index (χ2v) is 3.43. The molecule has 2 rings (SSSR count). The van der Waals surface area contributed by atoms with Gasteiger partial charge in [-0.3, -0.25) is 0 Å². The zero-order valence-corrected chi connectivity index (χ0v) is 8.66. The monoisotopic (exact) mass is 226 g/mol. The number of anilines is 1. The standard InChI is InChI=1S/C9H8ClFN4/c1-5-13-9(12)15(14-5)6-2-3-7(10)8(11)4-6/h2-4H,1H3,(H2,12,13,14). The van der Waals surface area contributed by atoms with Crippen molar-refractivity contribution in [2.45, 2.75) is 6.92 Å². The topological polar surface area (TPSA) is 56.7 Å². The molecule has 0 saturated carbocycles. The van der Waals surface area contributed by atoms with E-state index in [0.717, 1.165) is 0 Å². The average Bonchev–Trinajstić information content (AvgIpc) is 2.50. The number of aryl methyl sites for hydroxylation is 1. The van der Waals surface area contributed by atoms with Gasteiger partial charge in [-0.25, -0.2) is 4.39 Å². The predicted octanol–water partition coefficient (Wildman–Crippen LogP) is 1.95. The molecule has 1 aromatic heterocycles. The number of nitrogens with two attached hydrogens (primary N) is 1. The van der Waals surface area contributed by atoms with Crippen molar-refractivity contribution in [3.05, 3.63) is 34.9 Å². The quantitative estimate of drug-likeness (QED) is 0.809. The highest BCUT2D eigenvalue weighted by molar-refractivity contribution is 6.30. The van der Waals surface area contributed by atoms with Gasteiger partial charge in [0.1, 0.15) is 11.6 Å². The molecule has 6 heteroatoms. The van der Waals surface area contributed by atoms with E-state index in [4.69, 9.17) is 17.3 Å². The van der Waals surface area contributed by atoms with E-state index in [0.29, 0.717) is 11.5 Å². The van der Waals surface area contributed by atoms with Crippen molar-refractivity contribution in [2.24, 2.45) is 0 Å². The summed E-state index contributed by atoms with van der Waals surface area (Å²) in [4.78, 5) is 3.91. The van der Waals surface area contributed by atoms with Crippen LogP contribution >= 0.6 is 11.6 Å². The summed E-state index contributed by atoms with van der Waals surface area (Å²) in [6.07, 6.45) is 0. The molecule has 0 radical (unpaired) electrons. The van der Waals surface area contributed by atoms with Crippen molar-refractivity contribution in [3.63, 3.8) is 0 Å². The lowest BCUT2D eigenvalue weighted by atomic mass is 10.3. The smallest absolute Gasteiger partial charge is 0.223 e. The molecule has 1 aromatic carbocycles. The third-order valence-electron chi connectivity index (χ3n) is 1.89. The van der Waals surface area contributed by atoms with Gasteiger partial charge < -0.3 is 5.73 Å². The van der Waals surface area contributed by atoms with Gasteiger partial charge in [-0.15, -0.1) is 5.10 Å². The third kappa shape index (κ3) is 1.78. The van der Waals surface area contributed by atoms with Crippen molar-refractivity contribution in [1.82, 2.24) is 14.8 Å². The SMILES string of the molecule is Cc1nc(N)n(-c2ccc(Cl)c(F)c2)n1. The number of benzene rings is 1. The van der Waals surface area contributed by atoms with E-state index in [2.05, 4.69) is 10.1 Å². The maximum atomic E-state index is 13.2. The summed E-state index contributed by atoms with van der Waals surface area (Å²) in [5.41, 5.74) is 6.09. The van der Waals surface area contributed by atoms with E-state index in [1.54, 1.807) is 13.0 Å². The Balaban J connectivity index is 2.54. The van der Waals surface area contributed by atoms with Gasteiger partial charge in [-0.1, -0.05) is 11.6 Å².